The first-order valence-electron chi connectivity index (χ1n) is 5.83. The Morgan fingerprint density at radius 3 is 2.83 bits per heavy atom. The van der Waals surface area contributed by atoms with Crippen molar-refractivity contribution >= 4 is 33.4 Å². The van der Waals surface area contributed by atoms with Crippen LogP contribution in [0.25, 0.3) is 0 Å². The highest BCUT2D eigenvalue weighted by molar-refractivity contribution is 9.10. The SMILES string of the molecule is CCCC(COC)NC(=O)c1ccc(Cl)c(Br)c1. The summed E-state index contributed by atoms with van der Waals surface area (Å²) in [4.78, 5) is 12.0. The van der Waals surface area contributed by atoms with E-state index >= 15 is 0 Å². The number of carbonyl (C=O) groups excluding carboxylic acids is 1. The number of benzene rings is 1. The lowest BCUT2D eigenvalue weighted by molar-refractivity contribution is 0.0891. The van der Waals surface area contributed by atoms with Crippen LogP contribution in [-0.2, 0) is 4.74 Å². The minimum atomic E-state index is -0.108. The molecule has 18 heavy (non-hydrogen) atoms. The molecular formula is C13H17BrClNO2. The molecule has 0 saturated carbocycles. The van der Waals surface area contributed by atoms with Gasteiger partial charge in [-0.25, -0.2) is 0 Å². The van der Waals surface area contributed by atoms with Crippen molar-refractivity contribution in [3.05, 3.63) is 33.3 Å². The third-order valence-corrected chi connectivity index (χ3v) is 3.74. The topological polar surface area (TPSA) is 38.3 Å². The lowest BCUT2D eigenvalue weighted by atomic mass is 10.1. The summed E-state index contributed by atoms with van der Waals surface area (Å²) in [6.07, 6.45) is 1.90. The van der Waals surface area contributed by atoms with E-state index in [-0.39, 0.29) is 11.9 Å². The molecule has 0 aliphatic carbocycles. The zero-order valence-corrected chi connectivity index (χ0v) is 12.8. The quantitative estimate of drug-likeness (QED) is 0.862. The molecule has 0 spiro atoms. The van der Waals surface area contributed by atoms with Crippen molar-refractivity contribution < 1.29 is 9.53 Å². The molecule has 0 aromatic heterocycles. The molecular weight excluding hydrogens is 318 g/mol. The van der Waals surface area contributed by atoms with Gasteiger partial charge in [0, 0.05) is 17.1 Å². The lowest BCUT2D eigenvalue weighted by Gasteiger charge is -2.17. The number of amides is 1. The van der Waals surface area contributed by atoms with E-state index in [1.807, 2.05) is 0 Å². The van der Waals surface area contributed by atoms with Crippen LogP contribution >= 0.6 is 27.5 Å². The number of halogens is 2. The predicted octanol–water partition coefficient (Wildman–Crippen LogP) is 3.65. The Hall–Kier alpha value is -0.580. The molecule has 5 heteroatoms. The molecule has 0 heterocycles. The number of hydrogen-bond donors (Lipinski definition) is 1. The van der Waals surface area contributed by atoms with Crippen molar-refractivity contribution in [2.24, 2.45) is 0 Å². The van der Waals surface area contributed by atoms with Crippen LogP contribution in [0.15, 0.2) is 22.7 Å². The second-order valence-corrected chi connectivity index (χ2v) is 5.30. The minimum Gasteiger partial charge on any atom is -0.383 e. The molecule has 0 bridgehead atoms. The normalized spacial score (nSPS) is 12.2. The van der Waals surface area contributed by atoms with E-state index in [1.54, 1.807) is 25.3 Å². The van der Waals surface area contributed by atoms with Crippen molar-refractivity contribution in [2.45, 2.75) is 25.8 Å². The third kappa shape index (κ3) is 4.59. The number of rotatable bonds is 6. The first-order chi connectivity index (χ1) is 8.58. The molecule has 0 saturated heterocycles. The molecule has 0 fully saturated rings. The van der Waals surface area contributed by atoms with Crippen molar-refractivity contribution in [1.29, 1.82) is 0 Å². The molecule has 1 aromatic rings. The standard InChI is InChI=1S/C13H17BrClNO2/c1-3-4-10(8-18-2)16-13(17)9-5-6-12(15)11(14)7-9/h5-7,10H,3-4,8H2,1-2H3,(H,16,17). The first kappa shape index (κ1) is 15.5. The van der Waals surface area contributed by atoms with Gasteiger partial charge in [-0.1, -0.05) is 24.9 Å². The van der Waals surface area contributed by atoms with Crippen LogP contribution in [0.1, 0.15) is 30.1 Å². The lowest BCUT2D eigenvalue weighted by Crippen LogP contribution is -2.37. The van der Waals surface area contributed by atoms with Crippen LogP contribution in [0.2, 0.25) is 5.02 Å². The molecule has 1 rings (SSSR count). The van der Waals surface area contributed by atoms with Gasteiger partial charge in [-0.3, -0.25) is 4.79 Å². The Morgan fingerprint density at radius 1 is 1.56 bits per heavy atom. The summed E-state index contributed by atoms with van der Waals surface area (Å²) in [7, 11) is 1.63. The zero-order chi connectivity index (χ0) is 13.5. The van der Waals surface area contributed by atoms with Crippen molar-refractivity contribution in [1.82, 2.24) is 5.32 Å². The summed E-state index contributed by atoms with van der Waals surface area (Å²) < 4.78 is 5.81. The van der Waals surface area contributed by atoms with E-state index in [0.29, 0.717) is 17.2 Å². The Kier molecular flexibility index (Phi) is 6.68. The fraction of sp³-hybridized carbons (Fsp3) is 0.462. The second kappa shape index (κ2) is 7.77. The predicted molar refractivity (Wildman–Crippen MR) is 77.2 cm³/mol. The number of ether oxygens (including phenoxy) is 1. The van der Waals surface area contributed by atoms with Gasteiger partial charge >= 0.3 is 0 Å². The molecule has 1 N–H and O–H groups in total. The van der Waals surface area contributed by atoms with Gasteiger partial charge in [0.15, 0.2) is 0 Å². The summed E-state index contributed by atoms with van der Waals surface area (Å²) in [5.41, 5.74) is 0.587. The van der Waals surface area contributed by atoms with Crippen LogP contribution in [0.3, 0.4) is 0 Å². The Labute approximate surface area is 121 Å². The van der Waals surface area contributed by atoms with Crippen molar-refractivity contribution in [2.75, 3.05) is 13.7 Å². The van der Waals surface area contributed by atoms with Crippen LogP contribution in [-0.4, -0.2) is 25.7 Å². The molecule has 0 aliphatic heterocycles. The fourth-order valence-electron chi connectivity index (χ4n) is 1.65. The molecule has 1 aromatic carbocycles. The second-order valence-electron chi connectivity index (χ2n) is 4.04. The van der Waals surface area contributed by atoms with Crippen LogP contribution in [0.5, 0.6) is 0 Å². The fourth-order valence-corrected chi connectivity index (χ4v) is 2.15. The molecule has 3 nitrogen and oxygen atoms in total. The summed E-state index contributed by atoms with van der Waals surface area (Å²) in [5.74, 6) is -0.108. The zero-order valence-electron chi connectivity index (χ0n) is 10.5. The van der Waals surface area contributed by atoms with Crippen molar-refractivity contribution in [3.63, 3.8) is 0 Å². The highest BCUT2D eigenvalue weighted by Gasteiger charge is 2.13. The summed E-state index contributed by atoms with van der Waals surface area (Å²) >= 11 is 9.20. The molecule has 0 radical (unpaired) electrons. The molecule has 1 amide bonds. The van der Waals surface area contributed by atoms with Gasteiger partial charge in [0.05, 0.1) is 17.7 Å². The third-order valence-electron chi connectivity index (χ3n) is 2.52. The summed E-state index contributed by atoms with van der Waals surface area (Å²) in [6, 6.07) is 5.17. The number of hydrogen-bond acceptors (Lipinski definition) is 2. The van der Waals surface area contributed by atoms with E-state index in [0.717, 1.165) is 17.3 Å². The largest absolute Gasteiger partial charge is 0.383 e. The number of carbonyl (C=O) groups is 1. The minimum absolute atomic E-state index is 0.0435. The van der Waals surface area contributed by atoms with E-state index in [9.17, 15) is 4.79 Å². The molecule has 100 valence electrons. The smallest absolute Gasteiger partial charge is 0.251 e. The molecule has 0 aliphatic rings. The van der Waals surface area contributed by atoms with E-state index in [2.05, 4.69) is 28.2 Å². The van der Waals surface area contributed by atoms with Gasteiger partial charge in [0.25, 0.3) is 5.91 Å². The number of methoxy groups -OCH3 is 1. The highest BCUT2D eigenvalue weighted by Crippen LogP contribution is 2.23. The Bertz CT molecular complexity index is 406. The maximum atomic E-state index is 12.0. The van der Waals surface area contributed by atoms with Gasteiger partial charge in [-0.15, -0.1) is 0 Å². The van der Waals surface area contributed by atoms with Crippen LogP contribution < -0.4 is 5.32 Å². The van der Waals surface area contributed by atoms with Crippen LogP contribution in [0.4, 0.5) is 0 Å². The van der Waals surface area contributed by atoms with Crippen LogP contribution in [0, 0.1) is 0 Å². The first-order valence-corrected chi connectivity index (χ1v) is 7.00. The molecule has 1 unspecified atom stereocenters. The molecule has 1 atom stereocenters. The Balaban J connectivity index is 2.70. The number of nitrogens with one attached hydrogen (secondary N) is 1. The van der Waals surface area contributed by atoms with Gasteiger partial charge < -0.3 is 10.1 Å². The van der Waals surface area contributed by atoms with Gasteiger partial charge in [0.2, 0.25) is 0 Å². The summed E-state index contributed by atoms with van der Waals surface area (Å²) in [6.45, 7) is 2.60. The Morgan fingerprint density at radius 2 is 2.28 bits per heavy atom. The van der Waals surface area contributed by atoms with E-state index < -0.39 is 0 Å². The van der Waals surface area contributed by atoms with E-state index in [1.165, 1.54) is 0 Å². The maximum Gasteiger partial charge on any atom is 0.251 e. The van der Waals surface area contributed by atoms with Gasteiger partial charge in [-0.05, 0) is 40.5 Å². The highest BCUT2D eigenvalue weighted by atomic mass is 79.9. The average Bonchev–Trinajstić information content (AvgIpc) is 2.33. The van der Waals surface area contributed by atoms with E-state index in [4.69, 9.17) is 16.3 Å². The monoisotopic (exact) mass is 333 g/mol. The van der Waals surface area contributed by atoms with Gasteiger partial charge in [0.1, 0.15) is 0 Å². The maximum absolute atomic E-state index is 12.0. The summed E-state index contributed by atoms with van der Waals surface area (Å²) in [5, 5.41) is 3.55. The average molecular weight is 335 g/mol. The van der Waals surface area contributed by atoms with Crippen molar-refractivity contribution in [3.8, 4) is 0 Å². The van der Waals surface area contributed by atoms with Gasteiger partial charge in [-0.2, -0.15) is 0 Å².